The van der Waals surface area contributed by atoms with Crippen LogP contribution in [0.5, 0.6) is 0 Å². The van der Waals surface area contributed by atoms with Gasteiger partial charge in [0.1, 0.15) is 11.4 Å². The number of ether oxygens (including phenoxy) is 1. The number of carbonyl (C=O) groups excluding carboxylic acids is 1. The van der Waals surface area contributed by atoms with Gasteiger partial charge in [0.2, 0.25) is 0 Å². The van der Waals surface area contributed by atoms with E-state index >= 15 is 0 Å². The van der Waals surface area contributed by atoms with Gasteiger partial charge in [-0.15, -0.1) is 0 Å². The lowest BCUT2D eigenvalue weighted by molar-refractivity contribution is -0.146. The number of allylic oxidation sites excluding steroid dienone is 5. The average Bonchev–Trinajstić information content (AvgIpc) is 3.50. The minimum atomic E-state index is -0.368. The second-order valence-corrected chi connectivity index (χ2v) is 15.0. The molecule has 7 nitrogen and oxygen atoms in total. The number of halogens is 1. The largest absolute Gasteiger partial charge is 0.461 e. The van der Waals surface area contributed by atoms with Crippen molar-refractivity contribution in [1.29, 1.82) is 0 Å². The topological polar surface area (TPSA) is 75.2 Å². The Kier molecular flexibility index (Phi) is 9.33. The molecule has 2 saturated carbocycles. The Hall–Kier alpha value is -2.87. The van der Waals surface area contributed by atoms with E-state index in [9.17, 15) is 14.4 Å². The summed E-state index contributed by atoms with van der Waals surface area (Å²) in [4.78, 5) is 40.3. The monoisotopic (exact) mass is 677 g/mol. The first kappa shape index (κ1) is 32.1. The number of hydrogen-bond acceptors (Lipinski definition) is 4. The van der Waals surface area contributed by atoms with Crippen LogP contribution in [0.1, 0.15) is 91.5 Å². The molecule has 6 rings (SSSR count). The lowest BCUT2D eigenvalue weighted by Crippen LogP contribution is -2.40. The van der Waals surface area contributed by atoms with Gasteiger partial charge in [0.15, 0.2) is 0 Å². The maximum atomic E-state index is 14.2. The molecule has 1 aliphatic heterocycles. The van der Waals surface area contributed by atoms with Crippen LogP contribution >= 0.6 is 15.9 Å². The number of para-hydroxylation sites is 1. The van der Waals surface area contributed by atoms with Crippen LogP contribution in [0.25, 0.3) is 5.69 Å². The van der Waals surface area contributed by atoms with Crippen LogP contribution in [0.4, 0.5) is 0 Å². The highest BCUT2D eigenvalue weighted by Crippen LogP contribution is 2.60. The smallest absolute Gasteiger partial charge is 0.352 e. The molecule has 242 valence electrons. The molecule has 0 N–H and O–H groups in total. The van der Waals surface area contributed by atoms with E-state index in [0.717, 1.165) is 37.7 Å². The van der Waals surface area contributed by atoms with Crippen LogP contribution in [-0.4, -0.2) is 31.3 Å². The molecule has 1 aromatic carbocycles. The molecule has 3 unspecified atom stereocenters. The zero-order chi connectivity index (χ0) is 31.9. The molecule has 0 amide bonds. The van der Waals surface area contributed by atoms with Gasteiger partial charge >= 0.3 is 17.3 Å². The van der Waals surface area contributed by atoms with Crippen molar-refractivity contribution in [2.24, 2.45) is 29.1 Å². The average molecular weight is 679 g/mol. The van der Waals surface area contributed by atoms with Crippen molar-refractivity contribution in [3.63, 3.8) is 0 Å². The molecule has 0 spiro atoms. The summed E-state index contributed by atoms with van der Waals surface area (Å²) in [5.74, 6) is 2.05. The molecule has 0 bridgehead atoms. The number of aromatic nitrogens is 3. The normalized spacial score (nSPS) is 29.6. The molecule has 2 aromatic rings. The number of hydrogen-bond donors (Lipinski definition) is 0. The molecular formula is C37H48BrN3O4. The van der Waals surface area contributed by atoms with Gasteiger partial charge in [-0.3, -0.25) is 4.79 Å². The van der Waals surface area contributed by atoms with Crippen molar-refractivity contribution in [2.75, 3.05) is 5.33 Å². The van der Waals surface area contributed by atoms with Crippen molar-refractivity contribution >= 4 is 21.9 Å². The fourth-order valence-corrected chi connectivity index (χ4v) is 9.30. The van der Waals surface area contributed by atoms with Gasteiger partial charge in [-0.25, -0.2) is 23.5 Å². The Labute approximate surface area is 275 Å². The van der Waals surface area contributed by atoms with E-state index < -0.39 is 0 Å². The predicted molar refractivity (Wildman–Crippen MR) is 182 cm³/mol. The van der Waals surface area contributed by atoms with E-state index in [1.807, 2.05) is 30.3 Å². The zero-order valence-electron chi connectivity index (χ0n) is 27.2. The Balaban J connectivity index is 1.40. The highest BCUT2D eigenvalue weighted by atomic mass is 79.9. The van der Waals surface area contributed by atoms with E-state index in [4.69, 9.17) is 4.74 Å². The molecule has 3 aliphatic carbocycles. The maximum Gasteiger partial charge on any atom is 0.352 e. The number of alkyl halides is 1. The van der Waals surface area contributed by atoms with Crippen molar-refractivity contribution in [2.45, 2.75) is 104 Å². The summed E-state index contributed by atoms with van der Waals surface area (Å²) in [5.41, 5.74) is 3.97. The quantitative estimate of drug-likeness (QED) is 0.165. The fraction of sp³-hybridized carbons (Fsp3) is 0.595. The summed E-state index contributed by atoms with van der Waals surface area (Å²) in [5, 5.41) is 0.162. The first-order valence-corrected chi connectivity index (χ1v) is 18.1. The van der Waals surface area contributed by atoms with Crippen LogP contribution in [0.15, 0.2) is 74.9 Å². The lowest BCUT2D eigenvalue weighted by atomic mass is 9.60. The second kappa shape index (κ2) is 13.1. The van der Waals surface area contributed by atoms with E-state index in [1.54, 1.807) is 9.36 Å². The minimum Gasteiger partial charge on any atom is -0.461 e. The SMILES string of the molecule is CC(C)/C=C/C[C@@H](C)C1CCC2/C(=C/C3C4=C(CC[C@H](OC(=O)CBr)C4)Cn4c(=O)n(-c5ccccc5)c(=O)n43)CCC[C@@]21C. The second-order valence-electron chi connectivity index (χ2n) is 14.4. The van der Waals surface area contributed by atoms with Crippen LogP contribution in [0, 0.1) is 29.1 Å². The Morgan fingerprint density at radius 3 is 2.60 bits per heavy atom. The lowest BCUT2D eigenvalue weighted by Gasteiger charge is -2.45. The van der Waals surface area contributed by atoms with Gasteiger partial charge in [0.25, 0.3) is 0 Å². The Bertz CT molecular complexity index is 1630. The van der Waals surface area contributed by atoms with Crippen molar-refractivity contribution in [1.82, 2.24) is 13.9 Å². The molecule has 6 atom stereocenters. The van der Waals surface area contributed by atoms with E-state index in [1.165, 1.54) is 35.0 Å². The highest BCUT2D eigenvalue weighted by Gasteiger charge is 2.51. The molecule has 2 fully saturated rings. The van der Waals surface area contributed by atoms with Crippen LogP contribution in [0.3, 0.4) is 0 Å². The van der Waals surface area contributed by atoms with E-state index in [2.05, 4.69) is 61.9 Å². The maximum absolute atomic E-state index is 14.2. The summed E-state index contributed by atoms with van der Waals surface area (Å²) in [6.07, 6.45) is 15.8. The van der Waals surface area contributed by atoms with Gasteiger partial charge in [-0.1, -0.05) is 85.6 Å². The van der Waals surface area contributed by atoms with Gasteiger partial charge in [-0.2, -0.15) is 0 Å². The summed E-state index contributed by atoms with van der Waals surface area (Å²) in [6.45, 7) is 9.81. The summed E-state index contributed by atoms with van der Waals surface area (Å²) < 4.78 is 10.5. The number of rotatable bonds is 8. The Morgan fingerprint density at radius 2 is 1.87 bits per heavy atom. The number of esters is 1. The summed E-state index contributed by atoms with van der Waals surface area (Å²) in [7, 11) is 0. The minimum absolute atomic E-state index is 0.162. The third-order valence-electron chi connectivity index (χ3n) is 11.2. The van der Waals surface area contributed by atoms with Crippen LogP contribution in [0.2, 0.25) is 0 Å². The van der Waals surface area contributed by atoms with Crippen molar-refractivity contribution < 1.29 is 9.53 Å². The standard InChI is InChI=1S/C37H48BrN3O4/c1-24(2)10-8-11-25(3)31-17-18-32-26(12-9-19-37(31,32)4)20-33-30-21-29(45-34(42)22-38)16-15-27(30)23-39-35(43)40(36(44)41(33)39)28-13-6-5-7-14-28/h5-8,10,13-14,20,24-25,29,31-33H,9,11-12,15-19,21-23H2,1-4H3/b10-8+,26-20+/t25-,29+,31?,32?,33?,37-/m1/s1. The van der Waals surface area contributed by atoms with E-state index in [-0.39, 0.29) is 40.2 Å². The van der Waals surface area contributed by atoms with Crippen molar-refractivity contribution in [3.05, 3.63) is 86.2 Å². The van der Waals surface area contributed by atoms with Gasteiger partial charge < -0.3 is 4.74 Å². The van der Waals surface area contributed by atoms with E-state index in [0.29, 0.717) is 42.3 Å². The van der Waals surface area contributed by atoms with Gasteiger partial charge in [0.05, 0.1) is 18.3 Å². The summed E-state index contributed by atoms with van der Waals surface area (Å²) >= 11 is 3.23. The first-order chi connectivity index (χ1) is 21.6. The third kappa shape index (κ3) is 6.04. The fourth-order valence-electron chi connectivity index (χ4n) is 9.17. The third-order valence-corrected chi connectivity index (χ3v) is 11.7. The zero-order valence-corrected chi connectivity index (χ0v) is 28.8. The molecule has 2 heterocycles. The molecule has 0 radical (unpaired) electrons. The number of fused-ring (bicyclic) bond motifs is 2. The molecule has 8 heteroatoms. The van der Waals surface area contributed by atoms with Gasteiger partial charge in [0, 0.05) is 6.42 Å². The number of nitrogens with zero attached hydrogens (tertiary/aromatic N) is 3. The summed E-state index contributed by atoms with van der Waals surface area (Å²) in [6, 6.07) is 8.86. The molecular weight excluding hydrogens is 630 g/mol. The molecule has 1 aromatic heterocycles. The molecule has 45 heavy (non-hydrogen) atoms. The van der Waals surface area contributed by atoms with Crippen LogP contribution < -0.4 is 11.4 Å². The molecule has 4 aliphatic rings. The van der Waals surface area contributed by atoms with Gasteiger partial charge in [-0.05, 0) is 104 Å². The Morgan fingerprint density at radius 1 is 1.09 bits per heavy atom. The first-order valence-electron chi connectivity index (χ1n) is 17.0. The number of benzene rings is 1. The molecule has 0 saturated heterocycles. The van der Waals surface area contributed by atoms with Crippen molar-refractivity contribution in [3.8, 4) is 5.69 Å². The van der Waals surface area contributed by atoms with Crippen LogP contribution in [-0.2, 0) is 16.1 Å². The predicted octanol–water partition coefficient (Wildman–Crippen LogP) is 7.52. The highest BCUT2D eigenvalue weighted by molar-refractivity contribution is 9.09. The number of carbonyl (C=O) groups is 1.